The zero-order valence-electron chi connectivity index (χ0n) is 20.1. The van der Waals surface area contributed by atoms with Gasteiger partial charge in [-0.1, -0.05) is 29.3 Å². The van der Waals surface area contributed by atoms with Crippen LogP contribution in [0.15, 0.2) is 59.8 Å². The van der Waals surface area contributed by atoms with Gasteiger partial charge in [-0.25, -0.2) is 21.8 Å². The lowest BCUT2D eigenvalue weighted by atomic mass is 10.1. The Labute approximate surface area is 223 Å². The van der Waals surface area contributed by atoms with E-state index in [0.29, 0.717) is 34.9 Å². The molecule has 7 nitrogen and oxygen atoms in total. The minimum absolute atomic E-state index is 0.0145. The number of ether oxygens (including phenoxy) is 2. The van der Waals surface area contributed by atoms with E-state index in [1.54, 1.807) is 30.5 Å². The number of aromatic nitrogens is 3. The Balaban J connectivity index is 1.91. The normalized spacial score (nSPS) is 11.9. The summed E-state index contributed by atoms with van der Waals surface area (Å²) in [6, 6.07) is 11.6. The van der Waals surface area contributed by atoms with E-state index in [9.17, 15) is 12.8 Å². The van der Waals surface area contributed by atoms with Crippen LogP contribution in [0.25, 0.3) is 33.2 Å². The molecular weight excluding hydrogens is 540 g/mol. The molecule has 192 valence electrons. The molecule has 3 aromatic heterocycles. The molecule has 0 aliphatic heterocycles. The lowest BCUT2D eigenvalue weighted by molar-refractivity contribution is 0.355. The zero-order valence-corrected chi connectivity index (χ0v) is 22.5. The van der Waals surface area contributed by atoms with Crippen LogP contribution in [-0.4, -0.2) is 42.0 Å². The molecule has 0 amide bonds. The number of alkyl halides is 1. The van der Waals surface area contributed by atoms with Crippen LogP contribution in [-0.2, 0) is 16.6 Å². The van der Waals surface area contributed by atoms with Crippen molar-refractivity contribution in [2.45, 2.75) is 18.4 Å². The summed E-state index contributed by atoms with van der Waals surface area (Å²) in [6.07, 6.45) is 2.71. The van der Waals surface area contributed by atoms with Gasteiger partial charge in [-0.15, -0.1) is 11.6 Å². The fraction of sp³-hybridized carbons (Fsp3) is 0.192. The maximum atomic E-state index is 14.4. The third-order valence-corrected chi connectivity index (χ3v) is 8.50. The van der Waals surface area contributed by atoms with E-state index in [2.05, 4.69) is 4.98 Å². The molecule has 0 bridgehead atoms. The standard InChI is InChI=1S/C26H22Cl2FN3O4S/c1-15-4-6-16(7-5-15)37(33,34)32-22(10-18-25(28)20(29)13-30-26(18)32)19-14-31(9-8-27)21-12-24(36-3)23(35-2)11-17(19)21/h4-7,10-14H,8-9H2,1-3H3. The second-order valence-electron chi connectivity index (χ2n) is 8.42. The highest BCUT2D eigenvalue weighted by Gasteiger charge is 2.28. The van der Waals surface area contributed by atoms with Crippen LogP contribution in [0.4, 0.5) is 4.39 Å². The first-order valence-corrected chi connectivity index (χ1v) is 13.6. The summed E-state index contributed by atoms with van der Waals surface area (Å²) in [4.78, 5) is 4.19. The maximum Gasteiger partial charge on any atom is 0.269 e. The van der Waals surface area contributed by atoms with E-state index in [1.165, 1.54) is 32.4 Å². The quantitative estimate of drug-likeness (QED) is 0.219. The molecule has 0 saturated carbocycles. The Bertz CT molecular complexity index is 1760. The van der Waals surface area contributed by atoms with Crippen molar-refractivity contribution in [2.24, 2.45) is 0 Å². The fourth-order valence-corrected chi connectivity index (χ4v) is 6.26. The lowest BCUT2D eigenvalue weighted by Crippen LogP contribution is -2.14. The van der Waals surface area contributed by atoms with Gasteiger partial charge in [0.2, 0.25) is 0 Å². The van der Waals surface area contributed by atoms with Crippen LogP contribution in [0.5, 0.6) is 11.5 Å². The van der Waals surface area contributed by atoms with Crippen molar-refractivity contribution < 1.29 is 22.3 Å². The average molecular weight is 562 g/mol. The van der Waals surface area contributed by atoms with Crippen LogP contribution in [0.1, 0.15) is 5.56 Å². The predicted octanol–water partition coefficient (Wildman–Crippen LogP) is 6.25. The maximum absolute atomic E-state index is 14.4. The Morgan fingerprint density at radius 2 is 1.70 bits per heavy atom. The van der Waals surface area contributed by atoms with Gasteiger partial charge in [0.25, 0.3) is 10.0 Å². The molecule has 5 aromatic rings. The molecule has 37 heavy (non-hydrogen) atoms. The minimum Gasteiger partial charge on any atom is -0.493 e. The molecule has 5 rings (SSSR count). The van der Waals surface area contributed by atoms with E-state index in [-0.39, 0.29) is 26.6 Å². The van der Waals surface area contributed by atoms with Crippen LogP contribution < -0.4 is 9.47 Å². The highest BCUT2D eigenvalue weighted by molar-refractivity contribution is 7.90. The third-order valence-electron chi connectivity index (χ3n) is 6.23. The molecule has 0 saturated heterocycles. The number of nitrogens with zero attached hydrogens (tertiary/aromatic N) is 3. The summed E-state index contributed by atoms with van der Waals surface area (Å²) in [5, 5.41) is 0.640. The molecular formula is C26H22Cl2FN3O4S. The number of methoxy groups -OCH3 is 2. The Morgan fingerprint density at radius 3 is 2.35 bits per heavy atom. The number of rotatable bonds is 7. The summed E-state index contributed by atoms with van der Waals surface area (Å²) in [7, 11) is -1.11. The van der Waals surface area contributed by atoms with Gasteiger partial charge in [-0.05, 0) is 31.2 Å². The van der Waals surface area contributed by atoms with Crippen molar-refractivity contribution in [3.05, 3.63) is 71.3 Å². The third kappa shape index (κ3) is 4.11. The SMILES string of the molecule is COc1cc2c(-c3cc4c(Cl)c(F)cnc4n3S(=O)(=O)c3ccc(C)cc3)cn(CCCl)c2cc1OC. The van der Waals surface area contributed by atoms with Crippen molar-refractivity contribution in [3.8, 4) is 22.8 Å². The second-order valence-corrected chi connectivity index (χ2v) is 11.0. The van der Waals surface area contributed by atoms with Crippen molar-refractivity contribution in [3.63, 3.8) is 0 Å². The van der Waals surface area contributed by atoms with Gasteiger partial charge in [-0.2, -0.15) is 0 Å². The highest BCUT2D eigenvalue weighted by atomic mass is 35.5. The molecule has 0 unspecified atom stereocenters. The lowest BCUT2D eigenvalue weighted by Gasteiger charge is -2.12. The molecule has 0 aliphatic rings. The van der Waals surface area contributed by atoms with Crippen molar-refractivity contribution in [1.82, 2.24) is 13.5 Å². The van der Waals surface area contributed by atoms with Gasteiger partial charge in [-0.3, -0.25) is 0 Å². The number of aryl methyl sites for hydroxylation is 2. The van der Waals surface area contributed by atoms with Gasteiger partial charge < -0.3 is 14.0 Å². The first-order valence-electron chi connectivity index (χ1n) is 11.2. The molecule has 11 heteroatoms. The molecule has 0 spiro atoms. The first kappa shape index (κ1) is 25.4. The fourth-order valence-electron chi connectivity index (χ4n) is 4.41. The monoisotopic (exact) mass is 561 g/mol. The topological polar surface area (TPSA) is 75.4 Å². The molecule has 0 aliphatic carbocycles. The summed E-state index contributed by atoms with van der Waals surface area (Å²) >= 11 is 12.4. The summed E-state index contributed by atoms with van der Waals surface area (Å²) in [5.74, 6) is 0.545. The summed E-state index contributed by atoms with van der Waals surface area (Å²) in [5.41, 5.74) is 2.49. The van der Waals surface area contributed by atoms with E-state index in [1.807, 2.05) is 11.5 Å². The minimum atomic E-state index is -4.17. The van der Waals surface area contributed by atoms with Crippen molar-refractivity contribution in [1.29, 1.82) is 0 Å². The van der Waals surface area contributed by atoms with Gasteiger partial charge in [0.15, 0.2) is 23.0 Å². The Hall–Kier alpha value is -3.27. The zero-order chi connectivity index (χ0) is 26.5. The number of pyridine rings is 1. The molecule has 0 atom stereocenters. The van der Waals surface area contributed by atoms with Crippen molar-refractivity contribution in [2.75, 3.05) is 20.1 Å². The largest absolute Gasteiger partial charge is 0.493 e. The number of benzene rings is 2. The van der Waals surface area contributed by atoms with Crippen LogP contribution >= 0.6 is 23.2 Å². The Morgan fingerprint density at radius 1 is 1.03 bits per heavy atom. The van der Waals surface area contributed by atoms with Gasteiger partial charge in [0.1, 0.15) is 0 Å². The first-order chi connectivity index (χ1) is 17.7. The number of hydrogen-bond acceptors (Lipinski definition) is 5. The second kappa shape index (κ2) is 9.55. The molecule has 0 N–H and O–H groups in total. The van der Waals surface area contributed by atoms with Gasteiger partial charge in [0, 0.05) is 41.0 Å². The molecule has 0 radical (unpaired) electrons. The smallest absolute Gasteiger partial charge is 0.269 e. The van der Waals surface area contributed by atoms with Gasteiger partial charge >= 0.3 is 0 Å². The summed E-state index contributed by atoms with van der Waals surface area (Å²) < 4.78 is 56.4. The molecule has 3 heterocycles. The van der Waals surface area contributed by atoms with E-state index in [4.69, 9.17) is 32.7 Å². The predicted molar refractivity (Wildman–Crippen MR) is 143 cm³/mol. The van der Waals surface area contributed by atoms with E-state index < -0.39 is 15.8 Å². The average Bonchev–Trinajstić information content (AvgIpc) is 3.45. The summed E-state index contributed by atoms with van der Waals surface area (Å²) in [6.45, 7) is 2.32. The number of fused-ring (bicyclic) bond motifs is 2. The van der Waals surface area contributed by atoms with Crippen LogP contribution in [0.3, 0.4) is 0 Å². The highest BCUT2D eigenvalue weighted by Crippen LogP contribution is 2.42. The molecule has 2 aromatic carbocycles. The van der Waals surface area contributed by atoms with Crippen LogP contribution in [0, 0.1) is 12.7 Å². The molecule has 0 fully saturated rings. The van der Waals surface area contributed by atoms with Crippen molar-refractivity contribution >= 4 is 55.2 Å². The Kier molecular flexibility index (Phi) is 6.55. The van der Waals surface area contributed by atoms with E-state index >= 15 is 0 Å². The number of hydrogen-bond donors (Lipinski definition) is 0. The van der Waals surface area contributed by atoms with Crippen LogP contribution in [0.2, 0.25) is 5.02 Å². The number of halogens is 3. The van der Waals surface area contributed by atoms with E-state index in [0.717, 1.165) is 21.2 Å². The van der Waals surface area contributed by atoms with Gasteiger partial charge in [0.05, 0.1) is 41.5 Å².